The minimum atomic E-state index is -3.71. The van der Waals surface area contributed by atoms with E-state index in [-0.39, 0.29) is 22.3 Å². The number of hydrazine groups is 1. The van der Waals surface area contributed by atoms with Crippen LogP contribution in [-0.4, -0.2) is 30.2 Å². The lowest BCUT2D eigenvalue weighted by Crippen LogP contribution is -2.36. The molecule has 0 saturated heterocycles. The third-order valence-corrected chi connectivity index (χ3v) is 4.96. The molecule has 8 nitrogen and oxygen atoms in total. The normalized spacial score (nSPS) is 11.9. The summed E-state index contributed by atoms with van der Waals surface area (Å²) in [6.07, 6.45) is 0. The number of nitro groups is 1. The molecule has 20 heavy (non-hydrogen) atoms. The molecule has 3 N–H and O–H groups in total. The molecule has 9 heteroatoms. The monoisotopic (exact) mass is 302 g/mol. The fourth-order valence-corrected chi connectivity index (χ4v) is 3.57. The van der Waals surface area contributed by atoms with Crippen LogP contribution in [0.1, 0.15) is 20.8 Å². The number of nitrogens with zero attached hydrogens (tertiary/aromatic N) is 2. The lowest BCUT2D eigenvalue weighted by atomic mass is 10.3. The van der Waals surface area contributed by atoms with E-state index in [2.05, 4.69) is 5.43 Å². The molecular weight excluding hydrogens is 284 g/mol. The Labute approximate surface area is 117 Å². The van der Waals surface area contributed by atoms with E-state index in [9.17, 15) is 18.5 Å². The van der Waals surface area contributed by atoms with Gasteiger partial charge < -0.3 is 5.43 Å². The molecule has 0 radical (unpaired) electrons. The van der Waals surface area contributed by atoms with Crippen molar-refractivity contribution >= 4 is 21.4 Å². The zero-order valence-electron chi connectivity index (χ0n) is 11.5. The van der Waals surface area contributed by atoms with E-state index in [1.807, 2.05) is 0 Å². The van der Waals surface area contributed by atoms with Crippen molar-refractivity contribution in [1.29, 1.82) is 0 Å². The van der Waals surface area contributed by atoms with Gasteiger partial charge in [0.1, 0.15) is 5.69 Å². The van der Waals surface area contributed by atoms with Crippen LogP contribution in [0.2, 0.25) is 0 Å². The smallest absolute Gasteiger partial charge is 0.293 e. The van der Waals surface area contributed by atoms with Gasteiger partial charge in [-0.3, -0.25) is 16.0 Å². The maximum atomic E-state index is 12.4. The summed E-state index contributed by atoms with van der Waals surface area (Å²) in [7, 11) is -3.71. The van der Waals surface area contributed by atoms with Crippen LogP contribution >= 0.6 is 0 Å². The quantitative estimate of drug-likeness (QED) is 0.464. The van der Waals surface area contributed by atoms with Crippen LogP contribution in [0.15, 0.2) is 23.1 Å². The van der Waals surface area contributed by atoms with Gasteiger partial charge in [-0.15, -0.1) is 0 Å². The molecule has 0 aliphatic carbocycles. The van der Waals surface area contributed by atoms with Gasteiger partial charge in [0.15, 0.2) is 0 Å². The first kappa shape index (κ1) is 16.3. The molecule has 0 aliphatic rings. The summed E-state index contributed by atoms with van der Waals surface area (Å²) >= 11 is 0. The number of rotatable bonds is 6. The first-order valence-corrected chi connectivity index (χ1v) is 7.46. The fourth-order valence-electron chi connectivity index (χ4n) is 1.90. The molecule has 0 saturated carbocycles. The predicted molar refractivity (Wildman–Crippen MR) is 75.6 cm³/mol. The van der Waals surface area contributed by atoms with Crippen LogP contribution < -0.4 is 11.3 Å². The van der Waals surface area contributed by atoms with Gasteiger partial charge in [-0.05, 0) is 26.0 Å². The van der Waals surface area contributed by atoms with Crippen LogP contribution in [0.5, 0.6) is 0 Å². The van der Waals surface area contributed by atoms with E-state index in [0.717, 1.165) is 6.07 Å². The third kappa shape index (κ3) is 3.06. The van der Waals surface area contributed by atoms with Gasteiger partial charge in [-0.1, -0.05) is 6.92 Å². The van der Waals surface area contributed by atoms with E-state index >= 15 is 0 Å². The van der Waals surface area contributed by atoms with E-state index in [4.69, 9.17) is 5.84 Å². The van der Waals surface area contributed by atoms with Gasteiger partial charge in [0.25, 0.3) is 5.69 Å². The van der Waals surface area contributed by atoms with Crippen molar-refractivity contribution in [3.8, 4) is 0 Å². The van der Waals surface area contributed by atoms with Gasteiger partial charge in [-0.25, -0.2) is 8.42 Å². The van der Waals surface area contributed by atoms with Gasteiger partial charge in [-0.2, -0.15) is 4.31 Å². The number of nitrogen functional groups attached to an aromatic ring is 1. The van der Waals surface area contributed by atoms with Gasteiger partial charge in [0.2, 0.25) is 10.0 Å². The molecule has 1 aromatic carbocycles. The second kappa shape index (κ2) is 6.16. The van der Waals surface area contributed by atoms with Crippen LogP contribution in [0.4, 0.5) is 11.4 Å². The van der Waals surface area contributed by atoms with Crippen molar-refractivity contribution in [1.82, 2.24) is 4.31 Å². The Hall–Kier alpha value is -1.71. The number of hydrogen-bond acceptors (Lipinski definition) is 6. The molecule has 0 aromatic heterocycles. The summed E-state index contributed by atoms with van der Waals surface area (Å²) in [5.41, 5.74) is 1.83. The molecule has 112 valence electrons. The summed E-state index contributed by atoms with van der Waals surface area (Å²) in [6, 6.07) is 3.28. The second-order valence-corrected chi connectivity index (χ2v) is 6.27. The lowest BCUT2D eigenvalue weighted by Gasteiger charge is -2.24. The molecule has 0 spiro atoms. The Kier molecular flexibility index (Phi) is 5.03. The topological polar surface area (TPSA) is 119 Å². The molecule has 0 bridgehead atoms. The second-order valence-electron chi connectivity index (χ2n) is 4.38. The predicted octanol–water partition coefficient (Wildman–Crippen LogP) is 1.30. The molecule has 0 aliphatic heterocycles. The average Bonchev–Trinajstić information content (AvgIpc) is 2.37. The number of sulfonamides is 1. The van der Waals surface area contributed by atoms with Gasteiger partial charge in [0, 0.05) is 18.7 Å². The first-order chi connectivity index (χ1) is 9.25. The minimum Gasteiger partial charge on any atom is -0.318 e. The van der Waals surface area contributed by atoms with Crippen molar-refractivity contribution in [2.24, 2.45) is 5.84 Å². The molecule has 0 atom stereocenters. The highest BCUT2D eigenvalue weighted by Gasteiger charge is 2.27. The number of hydrogen-bond donors (Lipinski definition) is 2. The molecule has 0 unspecified atom stereocenters. The third-order valence-electron chi connectivity index (χ3n) is 2.81. The molecule has 0 heterocycles. The summed E-state index contributed by atoms with van der Waals surface area (Å²) < 4.78 is 26.2. The highest BCUT2D eigenvalue weighted by Crippen LogP contribution is 2.28. The highest BCUT2D eigenvalue weighted by atomic mass is 32.2. The summed E-state index contributed by atoms with van der Waals surface area (Å²) in [4.78, 5) is 10.1. The fraction of sp³-hybridized carbons (Fsp3) is 0.455. The SMILES string of the molecule is CCN(C(C)C)S(=O)(=O)c1ccc([N+](=O)[O-])c(NN)c1. The maximum Gasteiger partial charge on any atom is 0.293 e. The van der Waals surface area contributed by atoms with E-state index in [0.29, 0.717) is 6.54 Å². The maximum absolute atomic E-state index is 12.4. The zero-order valence-corrected chi connectivity index (χ0v) is 12.3. The largest absolute Gasteiger partial charge is 0.318 e. The van der Waals surface area contributed by atoms with E-state index in [1.54, 1.807) is 20.8 Å². The number of benzene rings is 1. The molecule has 0 fully saturated rings. The average molecular weight is 302 g/mol. The van der Waals surface area contributed by atoms with Gasteiger partial charge in [0.05, 0.1) is 9.82 Å². The van der Waals surface area contributed by atoms with Crippen molar-refractivity contribution in [2.45, 2.75) is 31.7 Å². The zero-order chi connectivity index (χ0) is 15.5. The van der Waals surface area contributed by atoms with Crippen molar-refractivity contribution in [3.05, 3.63) is 28.3 Å². The van der Waals surface area contributed by atoms with Crippen LogP contribution in [0, 0.1) is 10.1 Å². The Morgan fingerprint density at radius 3 is 2.45 bits per heavy atom. The van der Waals surface area contributed by atoms with Crippen molar-refractivity contribution in [2.75, 3.05) is 12.0 Å². The first-order valence-electron chi connectivity index (χ1n) is 6.02. The van der Waals surface area contributed by atoms with Crippen LogP contribution in [0.25, 0.3) is 0 Å². The Balaban J connectivity index is 3.37. The number of nitrogens with one attached hydrogen (secondary N) is 1. The number of nitro benzene ring substituents is 1. The summed E-state index contributed by atoms with van der Waals surface area (Å²) in [5, 5.41) is 10.8. The lowest BCUT2D eigenvalue weighted by molar-refractivity contribution is -0.384. The van der Waals surface area contributed by atoms with Crippen molar-refractivity contribution in [3.63, 3.8) is 0 Å². The minimum absolute atomic E-state index is 0.0356. The summed E-state index contributed by atoms with van der Waals surface area (Å²) in [5.74, 6) is 5.21. The van der Waals surface area contributed by atoms with E-state index < -0.39 is 14.9 Å². The van der Waals surface area contributed by atoms with Crippen LogP contribution in [-0.2, 0) is 10.0 Å². The number of anilines is 1. The number of nitrogens with two attached hydrogens (primary N) is 1. The Bertz CT molecular complexity index is 600. The van der Waals surface area contributed by atoms with Crippen LogP contribution in [0.3, 0.4) is 0 Å². The van der Waals surface area contributed by atoms with Crippen molar-refractivity contribution < 1.29 is 13.3 Å². The Morgan fingerprint density at radius 1 is 1.45 bits per heavy atom. The molecule has 1 aromatic rings. The standard InChI is InChI=1S/C11H18N4O4S/c1-4-14(8(2)3)20(18,19)9-5-6-11(15(16)17)10(7-9)13-12/h5-8,13H,4,12H2,1-3H3. The molecular formula is C11H18N4O4S. The van der Waals surface area contributed by atoms with E-state index in [1.165, 1.54) is 16.4 Å². The molecule has 1 rings (SSSR count). The highest BCUT2D eigenvalue weighted by molar-refractivity contribution is 7.89. The Morgan fingerprint density at radius 2 is 2.05 bits per heavy atom. The summed E-state index contributed by atoms with van der Waals surface area (Å²) in [6.45, 7) is 5.55. The van der Waals surface area contributed by atoms with Gasteiger partial charge >= 0.3 is 0 Å². The molecule has 0 amide bonds.